The van der Waals surface area contributed by atoms with Crippen molar-refractivity contribution in [1.82, 2.24) is 14.4 Å². The van der Waals surface area contributed by atoms with E-state index >= 15 is 0 Å². The fourth-order valence-corrected chi connectivity index (χ4v) is 4.79. The minimum Gasteiger partial charge on any atom is -0.480 e. The van der Waals surface area contributed by atoms with Crippen LogP contribution in [-0.4, -0.2) is 69.1 Å². The second-order valence-corrected chi connectivity index (χ2v) is 9.93. The lowest BCUT2D eigenvalue weighted by molar-refractivity contribution is -0.192. The number of amides is 1. The first-order valence-electron chi connectivity index (χ1n) is 12.0. The first-order valence-corrected chi connectivity index (χ1v) is 12.0. The predicted molar refractivity (Wildman–Crippen MR) is 129 cm³/mol. The quantitative estimate of drug-likeness (QED) is 0.394. The third-order valence-corrected chi connectivity index (χ3v) is 6.68. The molecule has 41 heavy (non-hydrogen) atoms. The first-order chi connectivity index (χ1) is 19.0. The molecule has 16 heteroatoms. The SMILES string of the molecule is COc1ncccc1C(=O)Nc1cn2cc(C34COC(C)(C3)C4)nc2cc1OC(C)C(F)(F)F.O=C(O)C(F)(F)F. The number of alkyl halides is 6. The Hall–Kier alpha value is -4.08. The number of carboxylic acid groups (broad SMARTS) is 1. The molecule has 1 saturated carbocycles. The van der Waals surface area contributed by atoms with Crippen molar-refractivity contribution in [2.45, 2.75) is 56.2 Å². The van der Waals surface area contributed by atoms with Crippen molar-refractivity contribution < 1.29 is 55.2 Å². The van der Waals surface area contributed by atoms with E-state index in [1.807, 2.05) is 6.20 Å². The summed E-state index contributed by atoms with van der Waals surface area (Å²) in [6, 6.07) is 4.45. The molecule has 1 unspecified atom stereocenters. The molecule has 3 aromatic heterocycles. The number of hydrogen-bond donors (Lipinski definition) is 2. The maximum atomic E-state index is 13.2. The van der Waals surface area contributed by atoms with E-state index < -0.39 is 30.3 Å². The van der Waals surface area contributed by atoms with Crippen LogP contribution in [0.2, 0.25) is 0 Å². The van der Waals surface area contributed by atoms with Crippen LogP contribution in [0.25, 0.3) is 5.65 Å². The summed E-state index contributed by atoms with van der Waals surface area (Å²) in [7, 11) is 1.37. The van der Waals surface area contributed by atoms with E-state index in [4.69, 9.17) is 24.1 Å². The van der Waals surface area contributed by atoms with Gasteiger partial charge < -0.3 is 29.0 Å². The van der Waals surface area contributed by atoms with Gasteiger partial charge in [0, 0.05) is 30.1 Å². The number of halogens is 6. The smallest absolute Gasteiger partial charge is 0.480 e. The maximum absolute atomic E-state index is 13.2. The van der Waals surface area contributed by atoms with Gasteiger partial charge in [0.2, 0.25) is 5.88 Å². The molecule has 0 spiro atoms. The number of fused-ring (bicyclic) bond motifs is 2. The number of imidazole rings is 1. The van der Waals surface area contributed by atoms with E-state index in [2.05, 4.69) is 22.2 Å². The zero-order chi connectivity index (χ0) is 30.4. The molecular weight excluding hydrogens is 566 g/mol. The molecule has 3 fully saturated rings. The van der Waals surface area contributed by atoms with Crippen LogP contribution >= 0.6 is 0 Å². The van der Waals surface area contributed by atoms with Gasteiger partial charge in [0.1, 0.15) is 22.6 Å². The number of carboxylic acids is 1. The van der Waals surface area contributed by atoms with Crippen molar-refractivity contribution in [3.05, 3.63) is 48.0 Å². The van der Waals surface area contributed by atoms with Gasteiger partial charge >= 0.3 is 18.3 Å². The maximum Gasteiger partial charge on any atom is 0.490 e. The van der Waals surface area contributed by atoms with E-state index in [0.717, 1.165) is 25.5 Å². The molecule has 222 valence electrons. The van der Waals surface area contributed by atoms with Gasteiger partial charge in [-0.05, 0) is 38.8 Å². The fourth-order valence-electron chi connectivity index (χ4n) is 4.79. The second-order valence-electron chi connectivity index (χ2n) is 9.93. The number of aliphatic carboxylic acids is 1. The van der Waals surface area contributed by atoms with E-state index in [0.29, 0.717) is 12.3 Å². The predicted octanol–water partition coefficient (Wildman–Crippen LogP) is 4.77. The summed E-state index contributed by atoms with van der Waals surface area (Å²) in [4.78, 5) is 30.5. The third kappa shape index (κ3) is 6.16. The van der Waals surface area contributed by atoms with E-state index in [9.17, 15) is 31.1 Å². The zero-order valence-corrected chi connectivity index (χ0v) is 21.8. The van der Waals surface area contributed by atoms with Crippen molar-refractivity contribution in [2.24, 2.45) is 0 Å². The Labute approximate surface area is 228 Å². The molecular formula is C25H24F6N4O6. The van der Waals surface area contributed by atoms with Crippen molar-refractivity contribution in [3.8, 4) is 11.6 Å². The lowest BCUT2D eigenvalue weighted by Gasteiger charge is -2.41. The summed E-state index contributed by atoms with van der Waals surface area (Å²) < 4.78 is 89.3. The van der Waals surface area contributed by atoms with E-state index in [1.165, 1.54) is 31.6 Å². The number of rotatable bonds is 6. The van der Waals surface area contributed by atoms with Crippen molar-refractivity contribution >= 4 is 23.2 Å². The van der Waals surface area contributed by atoms with Crippen molar-refractivity contribution in [2.75, 3.05) is 19.0 Å². The molecule has 1 amide bonds. The summed E-state index contributed by atoms with van der Waals surface area (Å²) in [6.45, 7) is 3.51. The number of aromatic nitrogens is 3. The van der Waals surface area contributed by atoms with Crippen molar-refractivity contribution in [3.63, 3.8) is 0 Å². The first kappa shape index (κ1) is 29.9. The highest BCUT2D eigenvalue weighted by Gasteiger charge is 2.61. The Bertz CT molecular complexity index is 1470. The highest BCUT2D eigenvalue weighted by molar-refractivity contribution is 6.06. The Morgan fingerprint density at radius 3 is 2.39 bits per heavy atom. The molecule has 2 aliphatic heterocycles. The van der Waals surface area contributed by atoms with E-state index in [-0.39, 0.29) is 33.9 Å². The molecule has 10 nitrogen and oxygen atoms in total. The summed E-state index contributed by atoms with van der Waals surface area (Å²) >= 11 is 0. The average Bonchev–Trinajstić information content (AvgIpc) is 3.54. The number of ether oxygens (including phenoxy) is 3. The van der Waals surface area contributed by atoms with Gasteiger partial charge in [-0.1, -0.05) is 0 Å². The summed E-state index contributed by atoms with van der Waals surface area (Å²) in [5.74, 6) is -3.42. The number of nitrogens with zero attached hydrogens (tertiary/aromatic N) is 3. The summed E-state index contributed by atoms with van der Waals surface area (Å²) in [5, 5.41) is 9.76. The van der Waals surface area contributed by atoms with Gasteiger partial charge in [0.15, 0.2) is 6.10 Å². The van der Waals surface area contributed by atoms with Crippen LogP contribution in [0.4, 0.5) is 32.0 Å². The Morgan fingerprint density at radius 1 is 1.20 bits per heavy atom. The standard InChI is InChI=1S/C23H23F3N4O4.C2HF3O2/c1-13(23(24,25)26)34-16-7-18-29-17(22-10-21(2,11-22)33-12-22)9-30(18)8-15(16)28-19(31)14-5-4-6-27-20(14)32-3;3-2(4,5)1(6)7/h4-9,13H,10-12H2,1-3H3,(H,28,31);(H,6,7). The van der Waals surface area contributed by atoms with Crippen LogP contribution in [0, 0.1) is 0 Å². The number of carbonyl (C=O) groups is 2. The minimum absolute atomic E-state index is 0.0575. The van der Waals surface area contributed by atoms with Crippen LogP contribution in [0.15, 0.2) is 36.8 Å². The number of pyridine rings is 2. The molecule has 3 aliphatic rings. The second kappa shape index (κ2) is 10.4. The summed E-state index contributed by atoms with van der Waals surface area (Å²) in [6.07, 6.45) is -5.31. The zero-order valence-electron chi connectivity index (χ0n) is 21.8. The van der Waals surface area contributed by atoms with Gasteiger partial charge in [0.05, 0.1) is 25.0 Å². The summed E-state index contributed by atoms with van der Waals surface area (Å²) in [5.41, 5.74) is 1.05. The highest BCUT2D eigenvalue weighted by atomic mass is 19.4. The molecule has 2 saturated heterocycles. The molecule has 0 radical (unpaired) electrons. The molecule has 0 aromatic carbocycles. The van der Waals surface area contributed by atoms with Crippen LogP contribution < -0.4 is 14.8 Å². The molecule has 2 bridgehead atoms. The van der Waals surface area contributed by atoms with E-state index in [1.54, 1.807) is 10.5 Å². The van der Waals surface area contributed by atoms with Gasteiger partial charge in [-0.2, -0.15) is 26.3 Å². The Balaban J connectivity index is 0.000000493. The number of carbonyl (C=O) groups excluding carboxylic acids is 1. The highest BCUT2D eigenvalue weighted by Crippen LogP contribution is 2.58. The molecule has 1 atom stereocenters. The van der Waals surface area contributed by atoms with Gasteiger partial charge in [0.25, 0.3) is 5.91 Å². The number of hydrogen-bond acceptors (Lipinski definition) is 7. The van der Waals surface area contributed by atoms with Crippen LogP contribution in [0.1, 0.15) is 42.7 Å². The number of nitrogens with one attached hydrogen (secondary N) is 1. The monoisotopic (exact) mass is 590 g/mol. The largest absolute Gasteiger partial charge is 0.490 e. The number of anilines is 1. The van der Waals surface area contributed by atoms with Gasteiger partial charge in [-0.15, -0.1) is 0 Å². The fraction of sp³-hybridized carbons (Fsp3) is 0.440. The van der Waals surface area contributed by atoms with Gasteiger partial charge in [-0.25, -0.2) is 14.8 Å². The van der Waals surface area contributed by atoms with Crippen molar-refractivity contribution in [1.29, 1.82) is 0 Å². The lowest BCUT2D eigenvalue weighted by Crippen LogP contribution is -2.45. The normalized spacial score (nSPS) is 22.3. The Kier molecular flexibility index (Phi) is 7.58. The molecule has 5 heterocycles. The molecule has 6 rings (SSSR count). The lowest BCUT2D eigenvalue weighted by atomic mass is 9.62. The Morgan fingerprint density at radius 2 is 1.85 bits per heavy atom. The average molecular weight is 590 g/mol. The van der Waals surface area contributed by atoms with Crippen LogP contribution in [0.5, 0.6) is 11.6 Å². The van der Waals surface area contributed by atoms with Crippen LogP contribution in [0.3, 0.4) is 0 Å². The van der Waals surface area contributed by atoms with Crippen LogP contribution in [-0.2, 0) is 14.9 Å². The molecule has 1 aliphatic carbocycles. The van der Waals surface area contributed by atoms with Gasteiger partial charge in [-0.3, -0.25) is 4.79 Å². The molecule has 3 aromatic rings. The molecule has 2 N–H and O–H groups in total. The third-order valence-electron chi connectivity index (χ3n) is 6.68. The number of methoxy groups -OCH3 is 1. The topological polar surface area (TPSA) is 124 Å². The minimum atomic E-state index is -5.08.